The number of hydrogen-bond donors (Lipinski definition) is 3. The van der Waals surface area contributed by atoms with Crippen LogP contribution in [-0.2, 0) is 0 Å². The fourth-order valence-electron chi connectivity index (χ4n) is 2.47. The lowest BCUT2D eigenvalue weighted by molar-refractivity contribution is 0.146. The lowest BCUT2D eigenvalue weighted by Gasteiger charge is -2.17. The van der Waals surface area contributed by atoms with Crippen LogP contribution in [0.3, 0.4) is 0 Å². The van der Waals surface area contributed by atoms with Crippen LogP contribution in [0, 0.1) is 22.6 Å². The normalized spacial score (nSPS) is 15.8. The van der Waals surface area contributed by atoms with E-state index >= 15 is 0 Å². The summed E-state index contributed by atoms with van der Waals surface area (Å²) in [4.78, 5) is -0.403. The minimum Gasteiger partial charge on any atom is -0.503 e. The van der Waals surface area contributed by atoms with Crippen LogP contribution in [0.4, 0.5) is 17.6 Å². The summed E-state index contributed by atoms with van der Waals surface area (Å²) in [6, 6.07) is 4.32. The van der Waals surface area contributed by atoms with Crippen LogP contribution < -0.4 is 4.74 Å². The molecule has 1 aliphatic rings. The van der Waals surface area contributed by atoms with Gasteiger partial charge in [-0.05, 0) is 12.1 Å². The molecular formula is C16H8F4N2O3S. The number of phenolic OH excluding ortho intramolecular Hbond substituents is 2. The second-order valence-corrected chi connectivity index (χ2v) is 6.24. The molecule has 0 amide bonds. The van der Waals surface area contributed by atoms with Gasteiger partial charge in [0.2, 0.25) is 5.75 Å². The van der Waals surface area contributed by atoms with Gasteiger partial charge in [-0.1, -0.05) is 11.8 Å². The standard InChI is InChI=1S/C16H8F4N2O3S/c17-6-1-5(4-21)2-7(3-6)25-13-9(15(18)19)8-10(22)16(20)26-14(8)12(24)11(13)23/h1-3,15-16,22-24H. The zero-order valence-corrected chi connectivity index (χ0v) is 13.4. The Morgan fingerprint density at radius 1 is 1.23 bits per heavy atom. The number of phenols is 2. The van der Waals surface area contributed by atoms with E-state index in [0.717, 1.165) is 18.2 Å². The van der Waals surface area contributed by atoms with Gasteiger partial charge in [0.15, 0.2) is 17.0 Å². The molecule has 1 aliphatic heterocycles. The van der Waals surface area contributed by atoms with Crippen molar-refractivity contribution < 1.29 is 32.5 Å². The van der Waals surface area contributed by atoms with Crippen molar-refractivity contribution in [2.45, 2.75) is 16.8 Å². The van der Waals surface area contributed by atoms with Crippen molar-refractivity contribution in [3.63, 3.8) is 0 Å². The predicted molar refractivity (Wildman–Crippen MR) is 83.5 cm³/mol. The third-order valence-corrected chi connectivity index (χ3v) is 4.63. The van der Waals surface area contributed by atoms with Crippen molar-refractivity contribution in [2.24, 2.45) is 0 Å². The van der Waals surface area contributed by atoms with Crippen molar-refractivity contribution in [2.75, 3.05) is 0 Å². The van der Waals surface area contributed by atoms with Gasteiger partial charge in [0.05, 0.1) is 27.8 Å². The number of halogens is 4. The number of aromatic hydroxyl groups is 2. The van der Waals surface area contributed by atoms with Crippen molar-refractivity contribution in [1.82, 2.24) is 0 Å². The molecule has 5 nitrogen and oxygen atoms in total. The molecule has 2 aromatic rings. The predicted octanol–water partition coefficient (Wildman–Crippen LogP) is 4.61. The van der Waals surface area contributed by atoms with E-state index in [2.05, 4.69) is 0 Å². The van der Waals surface area contributed by atoms with Crippen LogP contribution in [-0.4, -0.2) is 21.4 Å². The molecule has 0 saturated heterocycles. The fourth-order valence-corrected chi connectivity index (χ4v) is 3.46. The molecule has 0 aromatic heterocycles. The zero-order chi connectivity index (χ0) is 19.2. The van der Waals surface area contributed by atoms with Crippen LogP contribution in [0.5, 0.6) is 23.0 Å². The molecule has 2 aromatic carbocycles. The van der Waals surface area contributed by atoms with Crippen LogP contribution in [0.2, 0.25) is 0 Å². The quantitative estimate of drug-likeness (QED) is 0.530. The van der Waals surface area contributed by atoms with E-state index < -0.39 is 62.5 Å². The average Bonchev–Trinajstić information content (AvgIpc) is 2.87. The number of benzene rings is 2. The fraction of sp³-hybridized carbons (Fsp3) is 0.125. The molecular weight excluding hydrogens is 376 g/mol. The van der Waals surface area contributed by atoms with Crippen molar-refractivity contribution >= 4 is 17.5 Å². The highest BCUT2D eigenvalue weighted by Gasteiger charge is 2.40. The van der Waals surface area contributed by atoms with Gasteiger partial charge >= 0.3 is 0 Å². The van der Waals surface area contributed by atoms with E-state index in [-0.39, 0.29) is 5.56 Å². The SMILES string of the molecule is N#Cc1cc(F)cc(Oc2c(O)c(O)c3c(c2C(F)F)C(=N)C(F)S3)c1. The molecule has 26 heavy (non-hydrogen) atoms. The number of alkyl halides is 3. The van der Waals surface area contributed by atoms with Crippen molar-refractivity contribution in [3.05, 3.63) is 40.7 Å². The monoisotopic (exact) mass is 384 g/mol. The molecule has 0 fully saturated rings. The Morgan fingerprint density at radius 2 is 1.92 bits per heavy atom. The highest BCUT2D eigenvalue weighted by molar-refractivity contribution is 8.01. The Morgan fingerprint density at radius 3 is 2.54 bits per heavy atom. The Bertz CT molecular complexity index is 975. The molecule has 1 heterocycles. The van der Waals surface area contributed by atoms with Gasteiger partial charge in [-0.3, -0.25) is 0 Å². The molecule has 134 valence electrons. The van der Waals surface area contributed by atoms with Gasteiger partial charge in [-0.15, -0.1) is 0 Å². The number of fused-ring (bicyclic) bond motifs is 1. The summed E-state index contributed by atoms with van der Waals surface area (Å²) >= 11 is 0.302. The number of thioether (sulfide) groups is 1. The molecule has 1 atom stereocenters. The molecule has 10 heteroatoms. The number of ether oxygens (including phenoxy) is 1. The van der Waals surface area contributed by atoms with E-state index in [9.17, 15) is 27.8 Å². The second kappa shape index (κ2) is 6.42. The van der Waals surface area contributed by atoms with Crippen molar-refractivity contribution in [3.8, 4) is 29.1 Å². The topological polar surface area (TPSA) is 97.3 Å². The number of hydrogen-bond acceptors (Lipinski definition) is 6. The summed E-state index contributed by atoms with van der Waals surface area (Å²) in [6.07, 6.45) is -3.29. The Hall–Kier alpha value is -2.93. The van der Waals surface area contributed by atoms with Gasteiger partial charge in [-0.2, -0.15) is 5.26 Å². The van der Waals surface area contributed by atoms with Crippen LogP contribution in [0.1, 0.15) is 23.1 Å². The molecule has 0 saturated carbocycles. The summed E-state index contributed by atoms with van der Waals surface area (Å²) in [5, 5.41) is 36.5. The van der Waals surface area contributed by atoms with Crippen LogP contribution >= 0.6 is 11.8 Å². The number of rotatable bonds is 3. The van der Waals surface area contributed by atoms with Gasteiger partial charge in [0.1, 0.15) is 11.6 Å². The van der Waals surface area contributed by atoms with Crippen molar-refractivity contribution in [1.29, 1.82) is 10.7 Å². The molecule has 3 rings (SSSR count). The summed E-state index contributed by atoms with van der Waals surface area (Å²) in [7, 11) is 0. The van der Waals surface area contributed by atoms with Gasteiger partial charge in [0.25, 0.3) is 6.43 Å². The lowest BCUT2D eigenvalue weighted by atomic mass is 10.0. The van der Waals surface area contributed by atoms with E-state index in [0.29, 0.717) is 11.8 Å². The second-order valence-electron chi connectivity index (χ2n) is 5.18. The Balaban J connectivity index is 2.23. The third kappa shape index (κ3) is 2.80. The first-order valence-corrected chi connectivity index (χ1v) is 7.80. The summed E-state index contributed by atoms with van der Waals surface area (Å²) in [5.41, 5.74) is -4.56. The van der Waals surface area contributed by atoms with E-state index in [4.69, 9.17) is 15.4 Å². The Kier molecular flexibility index (Phi) is 4.41. The number of nitrogens with zero attached hydrogens (tertiary/aromatic N) is 1. The highest BCUT2D eigenvalue weighted by Crippen LogP contribution is 2.56. The van der Waals surface area contributed by atoms with E-state index in [1.807, 2.05) is 0 Å². The van der Waals surface area contributed by atoms with Crippen LogP contribution in [0.25, 0.3) is 0 Å². The maximum atomic E-state index is 13.7. The minimum absolute atomic E-state index is 0.171. The smallest absolute Gasteiger partial charge is 0.268 e. The lowest BCUT2D eigenvalue weighted by Crippen LogP contribution is -2.09. The first kappa shape index (κ1) is 17.9. The van der Waals surface area contributed by atoms with E-state index in [1.165, 1.54) is 0 Å². The van der Waals surface area contributed by atoms with Gasteiger partial charge in [0, 0.05) is 11.6 Å². The maximum Gasteiger partial charge on any atom is 0.268 e. The Labute approximate surface area is 148 Å². The van der Waals surface area contributed by atoms with E-state index in [1.54, 1.807) is 6.07 Å². The van der Waals surface area contributed by atoms with Gasteiger partial charge in [-0.25, -0.2) is 17.6 Å². The van der Waals surface area contributed by atoms with Crippen LogP contribution in [0.15, 0.2) is 23.1 Å². The third-order valence-electron chi connectivity index (χ3n) is 3.55. The summed E-state index contributed by atoms with van der Waals surface area (Å²) in [6.45, 7) is 0. The number of nitrogens with one attached hydrogen (secondary N) is 1. The van der Waals surface area contributed by atoms with Gasteiger partial charge < -0.3 is 20.4 Å². The summed E-state index contributed by atoms with van der Waals surface area (Å²) in [5.74, 6) is -4.26. The average molecular weight is 384 g/mol. The zero-order valence-electron chi connectivity index (χ0n) is 12.6. The molecule has 0 radical (unpaired) electrons. The summed E-state index contributed by atoms with van der Waals surface area (Å²) < 4.78 is 59.6. The minimum atomic E-state index is -3.29. The first-order chi connectivity index (χ1) is 12.2. The molecule has 1 unspecified atom stereocenters. The first-order valence-electron chi connectivity index (χ1n) is 6.92. The largest absolute Gasteiger partial charge is 0.503 e. The maximum absolute atomic E-state index is 13.7. The molecule has 0 aliphatic carbocycles. The highest BCUT2D eigenvalue weighted by atomic mass is 32.2. The number of nitriles is 1. The molecule has 0 bridgehead atoms. The molecule has 3 N–H and O–H groups in total. The molecule has 0 spiro atoms.